The molecule has 10 rings (SSSR count). The third-order valence-electron chi connectivity index (χ3n) is 10.0. The average molecular weight is 581 g/mol. The zero-order chi connectivity index (χ0) is 30.2. The summed E-state index contributed by atoms with van der Waals surface area (Å²) in [6.07, 6.45) is 0. The molecule has 0 radical (unpaired) electrons. The van der Waals surface area contributed by atoms with Crippen molar-refractivity contribution in [3.63, 3.8) is 0 Å². The number of hydrogen-bond acceptors (Lipinski definition) is 0. The second kappa shape index (κ2) is 9.76. The Bertz CT molecular complexity index is 2760. The second-order valence-electron chi connectivity index (χ2n) is 12.4. The third-order valence-corrected chi connectivity index (χ3v) is 10.0. The van der Waals surface area contributed by atoms with Crippen LogP contribution in [0.3, 0.4) is 0 Å². The maximum absolute atomic E-state index is 2.43. The molecule has 0 N–H and O–H groups in total. The van der Waals surface area contributed by atoms with Gasteiger partial charge < -0.3 is 0 Å². The van der Waals surface area contributed by atoms with E-state index in [-0.39, 0.29) is 0 Å². The molecule has 0 amide bonds. The lowest BCUT2D eigenvalue weighted by atomic mass is 9.83. The van der Waals surface area contributed by atoms with Gasteiger partial charge in [0.25, 0.3) is 0 Å². The first-order valence-corrected chi connectivity index (χ1v) is 16.0. The summed E-state index contributed by atoms with van der Waals surface area (Å²) in [6, 6.07) is 62.8. The van der Waals surface area contributed by atoms with E-state index >= 15 is 0 Å². The van der Waals surface area contributed by atoms with Crippen LogP contribution in [0.2, 0.25) is 0 Å². The molecule has 0 nitrogen and oxygen atoms in total. The van der Waals surface area contributed by atoms with Gasteiger partial charge in [-0.05, 0) is 104 Å². The van der Waals surface area contributed by atoms with Crippen molar-refractivity contribution in [2.45, 2.75) is 0 Å². The summed E-state index contributed by atoms with van der Waals surface area (Å²) in [7, 11) is 0. The number of hydrogen-bond donors (Lipinski definition) is 0. The molecule has 0 atom stereocenters. The Hall–Kier alpha value is -5.98. The highest BCUT2D eigenvalue weighted by atomic mass is 14.2. The van der Waals surface area contributed by atoms with Gasteiger partial charge in [-0.3, -0.25) is 0 Å². The van der Waals surface area contributed by atoms with E-state index in [1.54, 1.807) is 0 Å². The lowest BCUT2D eigenvalue weighted by molar-refractivity contribution is 1.69. The number of benzene rings is 10. The molecule has 0 aromatic heterocycles. The van der Waals surface area contributed by atoms with Gasteiger partial charge in [0.1, 0.15) is 0 Å². The zero-order valence-electron chi connectivity index (χ0n) is 25.2. The smallest absolute Gasteiger partial charge is 0.00199 e. The molecule has 0 unspecified atom stereocenters. The van der Waals surface area contributed by atoms with Gasteiger partial charge in [-0.15, -0.1) is 0 Å². The van der Waals surface area contributed by atoms with Crippen molar-refractivity contribution in [3.05, 3.63) is 170 Å². The molecule has 0 heterocycles. The molecule has 0 fully saturated rings. The first kappa shape index (κ1) is 25.4. The van der Waals surface area contributed by atoms with Crippen LogP contribution < -0.4 is 0 Å². The summed E-state index contributed by atoms with van der Waals surface area (Å²) in [5.74, 6) is 0. The van der Waals surface area contributed by atoms with E-state index < -0.39 is 0 Å². The molecule has 0 bridgehead atoms. The summed E-state index contributed by atoms with van der Waals surface area (Å²) in [4.78, 5) is 0. The van der Waals surface area contributed by atoms with E-state index in [9.17, 15) is 0 Å². The van der Waals surface area contributed by atoms with Gasteiger partial charge >= 0.3 is 0 Å². The number of rotatable bonds is 2. The van der Waals surface area contributed by atoms with Gasteiger partial charge in [0.15, 0.2) is 0 Å². The lowest BCUT2D eigenvalue weighted by Crippen LogP contribution is -1.92. The minimum atomic E-state index is 1.25. The monoisotopic (exact) mass is 580 g/mol. The molecular weight excluding hydrogens is 553 g/mol. The van der Waals surface area contributed by atoms with Crippen molar-refractivity contribution in [3.8, 4) is 22.3 Å². The molecule has 0 aliphatic heterocycles. The Balaban J connectivity index is 1.35. The van der Waals surface area contributed by atoms with Gasteiger partial charge in [-0.25, -0.2) is 0 Å². The molecular formula is C46H28. The van der Waals surface area contributed by atoms with Crippen molar-refractivity contribution in [1.29, 1.82) is 0 Å². The Morgan fingerprint density at radius 3 is 1.28 bits per heavy atom. The predicted molar refractivity (Wildman–Crippen MR) is 200 cm³/mol. The SMILES string of the molecule is c1ccc2c(c1)ccc1cccc(-c3c4ccccc4c(-c4ccc5c6ccccc6c6ccccc6c5c4)c4ccccc34)c12. The summed E-state index contributed by atoms with van der Waals surface area (Å²) in [6.45, 7) is 0. The quantitative estimate of drug-likeness (QED) is 0.141. The van der Waals surface area contributed by atoms with Crippen LogP contribution in [0.1, 0.15) is 0 Å². The van der Waals surface area contributed by atoms with Crippen molar-refractivity contribution >= 4 is 75.4 Å². The minimum Gasteiger partial charge on any atom is -0.0616 e. The Labute approximate surface area is 266 Å². The Kier molecular flexibility index (Phi) is 5.38. The van der Waals surface area contributed by atoms with Crippen LogP contribution in [0.15, 0.2) is 170 Å². The fourth-order valence-electron chi connectivity index (χ4n) is 8.06. The normalized spacial score (nSPS) is 11.9. The van der Waals surface area contributed by atoms with Crippen LogP contribution in [0, 0.1) is 0 Å². The molecule has 10 aromatic rings. The maximum Gasteiger partial charge on any atom is -0.00199 e. The highest BCUT2D eigenvalue weighted by Crippen LogP contribution is 2.47. The van der Waals surface area contributed by atoms with Gasteiger partial charge in [0, 0.05) is 0 Å². The number of fused-ring (bicyclic) bond motifs is 11. The van der Waals surface area contributed by atoms with Gasteiger partial charge in [-0.2, -0.15) is 0 Å². The topological polar surface area (TPSA) is 0 Å². The van der Waals surface area contributed by atoms with Gasteiger partial charge in [0.2, 0.25) is 0 Å². The maximum atomic E-state index is 2.43. The first-order valence-electron chi connectivity index (χ1n) is 16.0. The molecule has 46 heavy (non-hydrogen) atoms. The van der Waals surface area contributed by atoms with E-state index in [2.05, 4.69) is 170 Å². The molecule has 0 aliphatic rings. The van der Waals surface area contributed by atoms with Crippen molar-refractivity contribution in [1.82, 2.24) is 0 Å². The molecule has 0 saturated carbocycles. The van der Waals surface area contributed by atoms with E-state index in [0.29, 0.717) is 0 Å². The average Bonchev–Trinajstić information content (AvgIpc) is 3.13. The van der Waals surface area contributed by atoms with Crippen LogP contribution in [0.25, 0.3) is 97.7 Å². The van der Waals surface area contributed by atoms with Crippen LogP contribution >= 0.6 is 0 Å². The highest BCUT2D eigenvalue weighted by molar-refractivity contribution is 6.28. The van der Waals surface area contributed by atoms with E-state index in [1.807, 2.05) is 0 Å². The second-order valence-corrected chi connectivity index (χ2v) is 12.4. The third kappa shape index (κ3) is 3.56. The molecule has 0 heteroatoms. The fourth-order valence-corrected chi connectivity index (χ4v) is 8.06. The van der Waals surface area contributed by atoms with Crippen LogP contribution in [-0.4, -0.2) is 0 Å². The van der Waals surface area contributed by atoms with Crippen LogP contribution in [-0.2, 0) is 0 Å². The first-order chi connectivity index (χ1) is 22.8. The summed E-state index contributed by atoms with van der Waals surface area (Å²) in [5, 5.41) is 18.0. The van der Waals surface area contributed by atoms with Gasteiger partial charge in [0.05, 0.1) is 0 Å². The summed E-state index contributed by atoms with van der Waals surface area (Å²) < 4.78 is 0. The van der Waals surface area contributed by atoms with Crippen LogP contribution in [0.4, 0.5) is 0 Å². The van der Waals surface area contributed by atoms with Crippen molar-refractivity contribution in [2.24, 2.45) is 0 Å². The molecule has 0 saturated heterocycles. The molecule has 10 aromatic carbocycles. The predicted octanol–water partition coefficient (Wildman–Crippen LogP) is 13.1. The highest BCUT2D eigenvalue weighted by Gasteiger charge is 2.19. The van der Waals surface area contributed by atoms with Crippen molar-refractivity contribution < 1.29 is 0 Å². The van der Waals surface area contributed by atoms with E-state index in [1.165, 1.54) is 97.7 Å². The summed E-state index contributed by atoms with van der Waals surface area (Å²) in [5.41, 5.74) is 5.12. The zero-order valence-corrected chi connectivity index (χ0v) is 25.2. The fraction of sp³-hybridized carbons (Fsp3) is 0. The lowest BCUT2D eigenvalue weighted by Gasteiger charge is -2.20. The minimum absolute atomic E-state index is 1.25. The molecule has 212 valence electrons. The summed E-state index contributed by atoms with van der Waals surface area (Å²) >= 11 is 0. The van der Waals surface area contributed by atoms with E-state index in [0.717, 1.165) is 0 Å². The molecule has 0 aliphatic carbocycles. The largest absolute Gasteiger partial charge is 0.0616 e. The van der Waals surface area contributed by atoms with Crippen molar-refractivity contribution in [2.75, 3.05) is 0 Å². The van der Waals surface area contributed by atoms with Gasteiger partial charge in [-0.1, -0.05) is 164 Å². The van der Waals surface area contributed by atoms with E-state index in [4.69, 9.17) is 0 Å². The standard InChI is InChI=1S/C46H28/c1-2-14-32-29(12-1)24-25-30-13-11-23-42(44(30)32)46-40-21-9-7-19-38(40)45(39-20-8-10-22-41(39)46)31-26-27-37-35-17-4-3-15-33(35)34-16-5-6-18-36(34)43(37)28-31/h1-28H. The molecule has 0 spiro atoms. The van der Waals surface area contributed by atoms with Crippen LogP contribution in [0.5, 0.6) is 0 Å². The Morgan fingerprint density at radius 2 is 0.674 bits per heavy atom. The Morgan fingerprint density at radius 1 is 0.239 bits per heavy atom.